The summed E-state index contributed by atoms with van der Waals surface area (Å²) in [6.45, 7) is 0. The predicted octanol–water partition coefficient (Wildman–Crippen LogP) is 1.71. The number of nitrogens with zero attached hydrogens (tertiary/aromatic N) is 2. The van der Waals surface area contributed by atoms with Crippen molar-refractivity contribution >= 4 is 17.3 Å². The van der Waals surface area contributed by atoms with E-state index in [1.807, 2.05) is 0 Å². The maximum Gasteiger partial charge on any atom is 0.285 e. The Morgan fingerprint density at radius 1 is 1.50 bits per heavy atom. The van der Waals surface area contributed by atoms with Crippen molar-refractivity contribution in [1.82, 2.24) is 10.2 Å². The van der Waals surface area contributed by atoms with Crippen LogP contribution in [0, 0.1) is 15.9 Å². The molecule has 0 saturated heterocycles. The van der Waals surface area contributed by atoms with Gasteiger partial charge in [0.1, 0.15) is 11.4 Å². The summed E-state index contributed by atoms with van der Waals surface area (Å²) in [6.07, 6.45) is 2.75. The monoisotopic (exact) mass is 250 g/mol. The molecule has 1 aromatic heterocycles. The quantitative estimate of drug-likeness (QED) is 0.639. The summed E-state index contributed by atoms with van der Waals surface area (Å²) in [5, 5.41) is 19.2. The number of H-pyrrole nitrogens is 1. The number of benzene rings is 1. The second kappa shape index (κ2) is 4.62. The maximum atomic E-state index is 12.9. The number of rotatable bonds is 3. The Labute approximate surface area is 99.8 Å². The highest BCUT2D eigenvalue weighted by molar-refractivity contribution is 6.06. The number of amides is 1. The van der Waals surface area contributed by atoms with Gasteiger partial charge in [-0.1, -0.05) is 0 Å². The standard InChI is InChI=1S/C10H7FN4O3/c11-6-1-2-8(9(3-6)15(17)18)10(16)14-7-4-12-13-5-7/h1-5H,(H,12,13)(H,14,16). The van der Waals surface area contributed by atoms with E-state index in [0.29, 0.717) is 11.8 Å². The topological polar surface area (TPSA) is 101 Å². The molecule has 0 unspecified atom stereocenters. The number of carbonyl (C=O) groups is 1. The first-order valence-corrected chi connectivity index (χ1v) is 4.82. The molecular weight excluding hydrogens is 243 g/mol. The molecule has 0 spiro atoms. The summed E-state index contributed by atoms with van der Waals surface area (Å²) in [5.41, 5.74) is -0.447. The van der Waals surface area contributed by atoms with Crippen LogP contribution >= 0.6 is 0 Å². The second-order valence-corrected chi connectivity index (χ2v) is 3.36. The number of nitro benzene ring substituents is 1. The van der Waals surface area contributed by atoms with Gasteiger partial charge in [-0.15, -0.1) is 0 Å². The number of hydrogen-bond acceptors (Lipinski definition) is 4. The number of nitro groups is 1. The first kappa shape index (κ1) is 11.7. The van der Waals surface area contributed by atoms with E-state index in [2.05, 4.69) is 15.5 Å². The van der Waals surface area contributed by atoms with Crippen molar-refractivity contribution in [2.24, 2.45) is 0 Å². The van der Waals surface area contributed by atoms with Gasteiger partial charge in [-0.05, 0) is 12.1 Å². The molecule has 0 atom stereocenters. The highest BCUT2D eigenvalue weighted by atomic mass is 19.1. The van der Waals surface area contributed by atoms with E-state index >= 15 is 0 Å². The van der Waals surface area contributed by atoms with Gasteiger partial charge in [0.25, 0.3) is 11.6 Å². The average Bonchev–Trinajstić information content (AvgIpc) is 2.81. The smallest absolute Gasteiger partial charge is 0.285 e. The van der Waals surface area contributed by atoms with Crippen LogP contribution in [0.25, 0.3) is 0 Å². The Hall–Kier alpha value is -2.77. The minimum Gasteiger partial charge on any atom is -0.319 e. The van der Waals surface area contributed by atoms with E-state index in [1.54, 1.807) is 0 Å². The van der Waals surface area contributed by atoms with Gasteiger partial charge in [-0.3, -0.25) is 20.0 Å². The molecule has 0 aliphatic rings. The molecule has 2 rings (SSSR count). The number of aromatic nitrogens is 2. The number of nitrogens with one attached hydrogen (secondary N) is 2. The van der Waals surface area contributed by atoms with Crippen molar-refractivity contribution < 1.29 is 14.1 Å². The van der Waals surface area contributed by atoms with Crippen molar-refractivity contribution in [2.45, 2.75) is 0 Å². The van der Waals surface area contributed by atoms with E-state index < -0.39 is 22.3 Å². The second-order valence-electron chi connectivity index (χ2n) is 3.36. The highest BCUT2D eigenvalue weighted by Crippen LogP contribution is 2.20. The Morgan fingerprint density at radius 3 is 2.89 bits per heavy atom. The fourth-order valence-corrected chi connectivity index (χ4v) is 1.37. The largest absolute Gasteiger partial charge is 0.319 e. The molecule has 0 radical (unpaired) electrons. The molecule has 92 valence electrons. The lowest BCUT2D eigenvalue weighted by Crippen LogP contribution is -2.13. The fourth-order valence-electron chi connectivity index (χ4n) is 1.37. The summed E-state index contributed by atoms with van der Waals surface area (Å²) < 4.78 is 12.9. The first-order chi connectivity index (χ1) is 8.58. The molecule has 1 aromatic carbocycles. The first-order valence-electron chi connectivity index (χ1n) is 4.82. The van der Waals surface area contributed by atoms with Gasteiger partial charge < -0.3 is 5.32 Å². The highest BCUT2D eigenvalue weighted by Gasteiger charge is 2.21. The minimum absolute atomic E-state index is 0.220. The zero-order valence-electron chi connectivity index (χ0n) is 8.88. The molecular formula is C10H7FN4O3. The molecule has 0 aliphatic carbocycles. The fraction of sp³-hybridized carbons (Fsp3) is 0. The Balaban J connectivity index is 2.32. The molecule has 0 saturated carbocycles. The summed E-state index contributed by atoms with van der Waals surface area (Å²) in [5.74, 6) is -1.48. The van der Waals surface area contributed by atoms with Gasteiger partial charge in [-0.2, -0.15) is 5.10 Å². The molecule has 0 fully saturated rings. The molecule has 0 aliphatic heterocycles. The average molecular weight is 250 g/mol. The lowest BCUT2D eigenvalue weighted by molar-refractivity contribution is -0.385. The SMILES string of the molecule is O=C(Nc1cn[nH]c1)c1ccc(F)cc1[N+](=O)[O-]. The number of halogens is 1. The zero-order valence-corrected chi connectivity index (χ0v) is 8.88. The van der Waals surface area contributed by atoms with Crippen molar-refractivity contribution in [3.8, 4) is 0 Å². The molecule has 0 bridgehead atoms. The van der Waals surface area contributed by atoms with Crippen LogP contribution in [0.2, 0.25) is 0 Å². The number of aromatic amines is 1. The number of hydrogen-bond donors (Lipinski definition) is 2. The van der Waals surface area contributed by atoms with E-state index in [4.69, 9.17) is 0 Å². The molecule has 2 N–H and O–H groups in total. The van der Waals surface area contributed by atoms with Gasteiger partial charge in [0.05, 0.1) is 22.9 Å². The van der Waals surface area contributed by atoms with Crippen LogP contribution in [0.15, 0.2) is 30.6 Å². The zero-order chi connectivity index (χ0) is 13.1. The van der Waals surface area contributed by atoms with Crippen LogP contribution in [-0.2, 0) is 0 Å². The number of anilines is 1. The molecule has 2 aromatic rings. The third kappa shape index (κ3) is 2.32. The minimum atomic E-state index is -0.812. The third-order valence-electron chi connectivity index (χ3n) is 2.16. The van der Waals surface area contributed by atoms with Crippen molar-refractivity contribution in [1.29, 1.82) is 0 Å². The van der Waals surface area contributed by atoms with E-state index in [-0.39, 0.29) is 5.56 Å². The summed E-state index contributed by atoms with van der Waals surface area (Å²) in [6, 6.07) is 2.74. The number of carbonyl (C=O) groups excluding carboxylic acids is 1. The Kier molecular flexibility index (Phi) is 3.00. The normalized spacial score (nSPS) is 10.1. The summed E-state index contributed by atoms with van der Waals surface area (Å²) in [4.78, 5) is 21.7. The van der Waals surface area contributed by atoms with Gasteiger partial charge in [0.2, 0.25) is 0 Å². The van der Waals surface area contributed by atoms with Crippen LogP contribution in [-0.4, -0.2) is 21.0 Å². The van der Waals surface area contributed by atoms with Crippen molar-refractivity contribution in [3.05, 3.63) is 52.1 Å². The van der Waals surface area contributed by atoms with Crippen LogP contribution in [0.5, 0.6) is 0 Å². The lowest BCUT2D eigenvalue weighted by atomic mass is 10.1. The Morgan fingerprint density at radius 2 is 2.28 bits per heavy atom. The van der Waals surface area contributed by atoms with Gasteiger partial charge in [0.15, 0.2) is 0 Å². The van der Waals surface area contributed by atoms with Gasteiger partial charge >= 0.3 is 0 Å². The van der Waals surface area contributed by atoms with Crippen LogP contribution < -0.4 is 5.32 Å². The third-order valence-corrected chi connectivity index (χ3v) is 2.16. The van der Waals surface area contributed by atoms with Crippen molar-refractivity contribution in [2.75, 3.05) is 5.32 Å². The van der Waals surface area contributed by atoms with E-state index in [0.717, 1.165) is 12.1 Å². The van der Waals surface area contributed by atoms with Gasteiger partial charge in [-0.25, -0.2) is 4.39 Å². The molecule has 8 heteroatoms. The van der Waals surface area contributed by atoms with Gasteiger partial charge in [0, 0.05) is 6.20 Å². The predicted molar refractivity (Wildman–Crippen MR) is 59.6 cm³/mol. The molecule has 1 amide bonds. The maximum absolute atomic E-state index is 12.9. The van der Waals surface area contributed by atoms with Crippen LogP contribution in [0.1, 0.15) is 10.4 Å². The van der Waals surface area contributed by atoms with Crippen molar-refractivity contribution in [3.63, 3.8) is 0 Å². The summed E-state index contributed by atoms with van der Waals surface area (Å²) >= 11 is 0. The molecule has 7 nitrogen and oxygen atoms in total. The molecule has 18 heavy (non-hydrogen) atoms. The van der Waals surface area contributed by atoms with Crippen LogP contribution in [0.4, 0.5) is 15.8 Å². The molecule has 1 heterocycles. The van der Waals surface area contributed by atoms with E-state index in [9.17, 15) is 19.3 Å². The van der Waals surface area contributed by atoms with E-state index in [1.165, 1.54) is 12.4 Å². The Bertz CT molecular complexity index is 597. The van der Waals surface area contributed by atoms with Crippen LogP contribution in [0.3, 0.4) is 0 Å². The summed E-state index contributed by atoms with van der Waals surface area (Å²) in [7, 11) is 0. The lowest BCUT2D eigenvalue weighted by Gasteiger charge is -2.03.